The molecule has 0 amide bonds. The van der Waals surface area contributed by atoms with Crippen molar-refractivity contribution in [3.8, 4) is 11.5 Å². The summed E-state index contributed by atoms with van der Waals surface area (Å²) in [4.78, 5) is 22.7. The molecule has 3 N–H and O–H groups in total. The topological polar surface area (TPSA) is 105 Å². The van der Waals surface area contributed by atoms with Crippen LogP contribution in [0, 0.1) is 17.6 Å². The van der Waals surface area contributed by atoms with Gasteiger partial charge in [-0.25, -0.2) is 13.6 Å². The van der Waals surface area contributed by atoms with Crippen molar-refractivity contribution in [3.05, 3.63) is 95.1 Å². The molecular formula is C31H33F2NO6. The number of halogens is 2. The number of hydrogen-bond acceptors (Lipinski definition) is 6. The van der Waals surface area contributed by atoms with Crippen LogP contribution >= 0.6 is 0 Å². The van der Waals surface area contributed by atoms with E-state index in [0.717, 1.165) is 32.2 Å². The summed E-state index contributed by atoms with van der Waals surface area (Å²) < 4.78 is 38.4. The summed E-state index contributed by atoms with van der Waals surface area (Å²) in [7, 11) is 1.42. The van der Waals surface area contributed by atoms with Gasteiger partial charge in [0.1, 0.15) is 17.2 Å². The molecule has 7 nitrogen and oxygen atoms in total. The maximum absolute atomic E-state index is 13.6. The predicted octanol–water partition coefficient (Wildman–Crippen LogP) is 5.09. The van der Waals surface area contributed by atoms with Crippen LogP contribution < -0.4 is 14.8 Å². The Morgan fingerprint density at radius 1 is 0.975 bits per heavy atom. The standard InChI is InChI=1S/C31H33F2NO6/c1-39-28-18-21(29(35)30(36)37)4-13-27(28)40-16-2-3-26-17-20(14-15-34-26)19-31(38,22-5-9-24(32)10-6-22)23-7-11-25(33)12-8-23/h4-13,18,20,26,34,38H,2-3,14-17,19H2,1H3,(H,36,37). The number of Topliss-reactive ketones (excluding diaryl/α,β-unsaturated/α-hetero) is 1. The number of nitrogens with one attached hydrogen (secondary N) is 1. The largest absolute Gasteiger partial charge is 0.493 e. The van der Waals surface area contributed by atoms with E-state index in [1.54, 1.807) is 24.3 Å². The van der Waals surface area contributed by atoms with Crippen molar-refractivity contribution in [2.24, 2.45) is 5.92 Å². The molecule has 1 saturated heterocycles. The zero-order valence-corrected chi connectivity index (χ0v) is 22.2. The van der Waals surface area contributed by atoms with Crippen LogP contribution in [0.1, 0.15) is 53.6 Å². The Bertz CT molecular complexity index is 1270. The van der Waals surface area contributed by atoms with Crippen LogP contribution in [-0.2, 0) is 10.4 Å². The van der Waals surface area contributed by atoms with Crippen molar-refractivity contribution in [3.63, 3.8) is 0 Å². The van der Waals surface area contributed by atoms with Gasteiger partial charge in [-0.3, -0.25) is 4.79 Å². The number of rotatable bonds is 12. The lowest BCUT2D eigenvalue weighted by atomic mass is 9.75. The molecule has 1 heterocycles. The van der Waals surface area contributed by atoms with Crippen LogP contribution in [0.4, 0.5) is 8.78 Å². The van der Waals surface area contributed by atoms with Crippen LogP contribution in [-0.4, -0.2) is 48.3 Å². The summed E-state index contributed by atoms with van der Waals surface area (Å²) in [6.45, 7) is 1.17. The number of methoxy groups -OCH3 is 1. The molecule has 0 bridgehead atoms. The first kappa shape index (κ1) is 29.2. The number of carbonyl (C=O) groups is 2. The first-order chi connectivity index (χ1) is 19.2. The molecule has 2 atom stereocenters. The van der Waals surface area contributed by atoms with Gasteiger partial charge in [-0.05, 0) is 98.2 Å². The molecule has 0 aliphatic carbocycles. The van der Waals surface area contributed by atoms with Crippen LogP contribution in [0.2, 0.25) is 0 Å². The summed E-state index contributed by atoms with van der Waals surface area (Å²) in [6, 6.07) is 16.1. The summed E-state index contributed by atoms with van der Waals surface area (Å²) >= 11 is 0. The molecular weight excluding hydrogens is 520 g/mol. The van der Waals surface area contributed by atoms with Crippen LogP contribution in [0.5, 0.6) is 11.5 Å². The lowest BCUT2D eigenvalue weighted by Crippen LogP contribution is -2.41. The fourth-order valence-corrected chi connectivity index (χ4v) is 5.34. The van der Waals surface area contributed by atoms with Gasteiger partial charge in [0.05, 0.1) is 13.7 Å². The molecule has 3 aromatic rings. The van der Waals surface area contributed by atoms with E-state index in [9.17, 15) is 23.5 Å². The summed E-state index contributed by atoms with van der Waals surface area (Å²) in [5.41, 5.74) is -0.250. The Morgan fingerprint density at radius 2 is 1.60 bits per heavy atom. The number of carboxylic acid groups (broad SMARTS) is 1. The quantitative estimate of drug-likeness (QED) is 0.163. The van der Waals surface area contributed by atoms with Crippen molar-refractivity contribution in [1.29, 1.82) is 0 Å². The van der Waals surface area contributed by atoms with Crippen LogP contribution in [0.25, 0.3) is 0 Å². The lowest BCUT2D eigenvalue weighted by molar-refractivity contribution is -0.131. The molecule has 0 radical (unpaired) electrons. The molecule has 3 aromatic carbocycles. The van der Waals surface area contributed by atoms with Crippen molar-refractivity contribution in [1.82, 2.24) is 5.32 Å². The first-order valence-electron chi connectivity index (χ1n) is 13.3. The van der Waals surface area contributed by atoms with Gasteiger partial charge in [0, 0.05) is 11.6 Å². The number of ketones is 1. The monoisotopic (exact) mass is 553 g/mol. The first-order valence-corrected chi connectivity index (χ1v) is 13.3. The molecule has 4 rings (SSSR count). The Balaban J connectivity index is 1.36. The summed E-state index contributed by atoms with van der Waals surface area (Å²) in [5, 5.41) is 24.3. The molecule has 0 aromatic heterocycles. The van der Waals surface area contributed by atoms with E-state index in [1.807, 2.05) is 0 Å². The highest BCUT2D eigenvalue weighted by molar-refractivity contribution is 6.39. The maximum atomic E-state index is 13.6. The van der Waals surface area contributed by atoms with E-state index in [4.69, 9.17) is 14.6 Å². The number of carboxylic acids is 1. The van der Waals surface area contributed by atoms with Gasteiger partial charge in [0.2, 0.25) is 0 Å². The van der Waals surface area contributed by atoms with Crippen molar-refractivity contribution < 1.29 is 38.1 Å². The third kappa shape index (κ3) is 7.03. The number of piperidine rings is 1. The lowest BCUT2D eigenvalue weighted by Gasteiger charge is -2.37. The molecule has 40 heavy (non-hydrogen) atoms. The molecule has 0 spiro atoms. The second-order valence-electron chi connectivity index (χ2n) is 10.1. The average molecular weight is 554 g/mol. The van der Waals surface area contributed by atoms with Gasteiger partial charge in [0.25, 0.3) is 5.78 Å². The molecule has 9 heteroatoms. The smallest absolute Gasteiger partial charge is 0.377 e. The van der Waals surface area contributed by atoms with Gasteiger partial charge < -0.3 is 25.0 Å². The zero-order chi connectivity index (χ0) is 28.7. The highest BCUT2D eigenvalue weighted by Gasteiger charge is 2.36. The van der Waals surface area contributed by atoms with E-state index in [0.29, 0.717) is 29.9 Å². The van der Waals surface area contributed by atoms with Crippen LogP contribution in [0.15, 0.2) is 66.7 Å². The number of aliphatic carboxylic acids is 1. The predicted molar refractivity (Wildman–Crippen MR) is 145 cm³/mol. The van der Waals surface area contributed by atoms with E-state index in [2.05, 4.69) is 5.32 Å². The molecule has 1 aliphatic heterocycles. The third-order valence-electron chi connectivity index (χ3n) is 7.41. The fraction of sp³-hybridized carbons (Fsp3) is 0.355. The van der Waals surface area contributed by atoms with Gasteiger partial charge in [-0.15, -0.1) is 0 Å². The SMILES string of the molecule is COc1cc(C(=O)C(=O)O)ccc1OCCCC1CC(CC(O)(c2ccc(F)cc2)c2ccc(F)cc2)CCN1. The van der Waals surface area contributed by atoms with Gasteiger partial charge in [0.15, 0.2) is 11.5 Å². The van der Waals surface area contributed by atoms with Gasteiger partial charge >= 0.3 is 5.97 Å². The zero-order valence-electron chi connectivity index (χ0n) is 22.2. The molecule has 212 valence electrons. The molecule has 0 saturated carbocycles. The second kappa shape index (κ2) is 13.0. The highest BCUT2D eigenvalue weighted by atomic mass is 19.1. The normalized spacial score (nSPS) is 17.3. The van der Waals surface area contributed by atoms with E-state index in [-0.39, 0.29) is 23.3 Å². The van der Waals surface area contributed by atoms with E-state index in [1.165, 1.54) is 49.6 Å². The maximum Gasteiger partial charge on any atom is 0.377 e. The number of benzene rings is 3. The summed E-state index contributed by atoms with van der Waals surface area (Å²) in [6.07, 6.45) is 3.64. The van der Waals surface area contributed by atoms with E-state index < -0.39 is 29.0 Å². The van der Waals surface area contributed by atoms with Crippen molar-refractivity contribution >= 4 is 11.8 Å². The Kier molecular flexibility index (Phi) is 9.50. The minimum atomic E-state index is -1.54. The minimum absolute atomic E-state index is 0.00961. The second-order valence-corrected chi connectivity index (χ2v) is 10.1. The molecule has 2 unspecified atom stereocenters. The Morgan fingerprint density at radius 3 is 2.17 bits per heavy atom. The fourth-order valence-electron chi connectivity index (χ4n) is 5.34. The summed E-state index contributed by atoms with van der Waals surface area (Å²) in [5.74, 6) is -2.47. The van der Waals surface area contributed by atoms with Crippen molar-refractivity contribution in [2.45, 2.75) is 43.7 Å². The van der Waals surface area contributed by atoms with Crippen LogP contribution in [0.3, 0.4) is 0 Å². The van der Waals surface area contributed by atoms with Gasteiger partial charge in [-0.1, -0.05) is 24.3 Å². The van der Waals surface area contributed by atoms with Crippen molar-refractivity contribution in [2.75, 3.05) is 20.3 Å². The Hall–Kier alpha value is -3.82. The third-order valence-corrected chi connectivity index (χ3v) is 7.41. The minimum Gasteiger partial charge on any atom is -0.493 e. The number of carbonyl (C=O) groups excluding carboxylic acids is 1. The number of hydrogen-bond donors (Lipinski definition) is 3. The van der Waals surface area contributed by atoms with Gasteiger partial charge in [-0.2, -0.15) is 0 Å². The highest BCUT2D eigenvalue weighted by Crippen LogP contribution is 2.39. The Labute approximate surface area is 231 Å². The molecule has 1 fully saturated rings. The number of aliphatic hydroxyl groups is 1. The van der Waals surface area contributed by atoms with E-state index >= 15 is 0 Å². The molecule has 1 aliphatic rings. The average Bonchev–Trinajstić information content (AvgIpc) is 2.95. The number of ether oxygens (including phenoxy) is 2.